The molecule has 0 fully saturated rings. The predicted octanol–water partition coefficient (Wildman–Crippen LogP) is 6.51. The van der Waals surface area contributed by atoms with Gasteiger partial charge in [0.25, 0.3) is 5.91 Å². The van der Waals surface area contributed by atoms with Crippen molar-refractivity contribution in [1.82, 2.24) is 14.7 Å². The van der Waals surface area contributed by atoms with Crippen LogP contribution in [0.5, 0.6) is 0 Å². The Kier molecular flexibility index (Phi) is 8.69. The SMILES string of the molecule is CCCCc1ccc(C(=O)N(CC(=O)Nc2cc(-c3ccccc3)nn2-c2ccc(F)cc2)C(C)C)cc1. The number of unbranched alkanes of at least 4 members (excludes halogenated alkanes) is 1. The van der Waals surface area contributed by atoms with Crippen LogP contribution in [0.15, 0.2) is 84.9 Å². The van der Waals surface area contributed by atoms with Crippen LogP contribution in [0.3, 0.4) is 0 Å². The highest BCUT2D eigenvalue weighted by Gasteiger charge is 2.23. The lowest BCUT2D eigenvalue weighted by atomic mass is 10.1. The van der Waals surface area contributed by atoms with Crippen LogP contribution < -0.4 is 5.32 Å². The van der Waals surface area contributed by atoms with E-state index < -0.39 is 0 Å². The molecule has 7 heteroatoms. The molecule has 2 amide bonds. The van der Waals surface area contributed by atoms with Gasteiger partial charge in [0.1, 0.15) is 18.2 Å². The van der Waals surface area contributed by atoms with Crippen LogP contribution in [0.25, 0.3) is 16.9 Å². The number of aryl methyl sites for hydroxylation is 1. The first kappa shape index (κ1) is 26.8. The van der Waals surface area contributed by atoms with Crippen molar-refractivity contribution in [3.05, 3.63) is 102 Å². The lowest BCUT2D eigenvalue weighted by Gasteiger charge is -2.26. The normalized spacial score (nSPS) is 11.0. The van der Waals surface area contributed by atoms with Crippen molar-refractivity contribution in [2.24, 2.45) is 0 Å². The van der Waals surface area contributed by atoms with Gasteiger partial charge in [0.2, 0.25) is 5.91 Å². The van der Waals surface area contributed by atoms with E-state index in [0.717, 1.165) is 24.8 Å². The number of halogens is 1. The van der Waals surface area contributed by atoms with Gasteiger partial charge in [-0.25, -0.2) is 9.07 Å². The summed E-state index contributed by atoms with van der Waals surface area (Å²) in [4.78, 5) is 28.1. The molecule has 0 aliphatic carbocycles. The van der Waals surface area contributed by atoms with Crippen molar-refractivity contribution in [3.8, 4) is 16.9 Å². The number of carbonyl (C=O) groups excluding carboxylic acids is 2. The Labute approximate surface area is 223 Å². The highest BCUT2D eigenvalue weighted by atomic mass is 19.1. The number of amides is 2. The van der Waals surface area contributed by atoms with Gasteiger partial charge in [-0.15, -0.1) is 0 Å². The average molecular weight is 513 g/mol. The van der Waals surface area contributed by atoms with Crippen LogP contribution >= 0.6 is 0 Å². The Balaban J connectivity index is 1.55. The number of carbonyl (C=O) groups is 2. The van der Waals surface area contributed by atoms with E-state index in [2.05, 4.69) is 17.3 Å². The van der Waals surface area contributed by atoms with Crippen LogP contribution in [0, 0.1) is 5.82 Å². The number of aromatic nitrogens is 2. The summed E-state index contributed by atoms with van der Waals surface area (Å²) in [5.41, 5.74) is 3.88. The third-order valence-electron chi connectivity index (χ3n) is 6.34. The Hall–Kier alpha value is -4.26. The van der Waals surface area contributed by atoms with Gasteiger partial charge in [-0.3, -0.25) is 9.59 Å². The first-order valence-electron chi connectivity index (χ1n) is 13.0. The molecule has 0 radical (unpaired) electrons. The van der Waals surface area contributed by atoms with Crippen LogP contribution in [-0.2, 0) is 11.2 Å². The molecular weight excluding hydrogens is 479 g/mol. The van der Waals surface area contributed by atoms with E-state index in [1.54, 1.807) is 27.8 Å². The molecule has 6 nitrogen and oxygen atoms in total. The largest absolute Gasteiger partial charge is 0.327 e. The van der Waals surface area contributed by atoms with Gasteiger partial charge in [0, 0.05) is 23.2 Å². The molecule has 4 aromatic rings. The second-order valence-electron chi connectivity index (χ2n) is 9.54. The first-order valence-corrected chi connectivity index (χ1v) is 13.0. The number of nitrogens with one attached hydrogen (secondary N) is 1. The summed E-state index contributed by atoms with van der Waals surface area (Å²) in [7, 11) is 0. The zero-order chi connectivity index (χ0) is 27.1. The molecule has 0 aliphatic heterocycles. The maximum absolute atomic E-state index is 13.6. The summed E-state index contributed by atoms with van der Waals surface area (Å²) >= 11 is 0. The Morgan fingerprint density at radius 2 is 1.66 bits per heavy atom. The lowest BCUT2D eigenvalue weighted by Crippen LogP contribution is -2.42. The summed E-state index contributed by atoms with van der Waals surface area (Å²) in [5, 5.41) is 7.57. The first-order chi connectivity index (χ1) is 18.4. The molecule has 0 saturated heterocycles. The molecule has 4 rings (SSSR count). The molecule has 0 aliphatic rings. The average Bonchev–Trinajstić information content (AvgIpc) is 3.34. The van der Waals surface area contributed by atoms with Gasteiger partial charge in [0.05, 0.1) is 11.4 Å². The molecule has 0 unspecified atom stereocenters. The van der Waals surface area contributed by atoms with Crippen LogP contribution in [0.2, 0.25) is 0 Å². The van der Waals surface area contributed by atoms with Crippen LogP contribution in [-0.4, -0.2) is 39.1 Å². The Bertz CT molecular complexity index is 1360. The van der Waals surface area contributed by atoms with E-state index in [9.17, 15) is 14.0 Å². The molecule has 0 spiro atoms. The smallest absolute Gasteiger partial charge is 0.254 e. The Morgan fingerprint density at radius 1 is 0.974 bits per heavy atom. The van der Waals surface area contributed by atoms with Gasteiger partial charge in [-0.05, 0) is 68.7 Å². The number of anilines is 1. The van der Waals surface area contributed by atoms with E-state index in [4.69, 9.17) is 0 Å². The molecular formula is C31H33FN4O2. The number of benzene rings is 3. The van der Waals surface area contributed by atoms with Crippen molar-refractivity contribution in [3.63, 3.8) is 0 Å². The summed E-state index contributed by atoms with van der Waals surface area (Å²) in [6, 6.07) is 24.7. The van der Waals surface area contributed by atoms with Crippen molar-refractivity contribution < 1.29 is 14.0 Å². The number of rotatable bonds is 10. The topological polar surface area (TPSA) is 67.2 Å². The summed E-state index contributed by atoms with van der Waals surface area (Å²) < 4.78 is 15.1. The van der Waals surface area contributed by atoms with E-state index in [1.165, 1.54) is 17.7 Å². The van der Waals surface area contributed by atoms with E-state index in [1.807, 2.05) is 68.4 Å². The molecule has 38 heavy (non-hydrogen) atoms. The fourth-order valence-corrected chi connectivity index (χ4v) is 4.19. The summed E-state index contributed by atoms with van der Waals surface area (Å²) in [5.74, 6) is -0.486. The van der Waals surface area contributed by atoms with Crippen molar-refractivity contribution in [2.75, 3.05) is 11.9 Å². The standard InChI is InChI=1S/C31H33FN4O2/c1-4-5-9-23-12-14-25(15-13-23)31(38)35(22(2)3)21-30(37)33-29-20-28(24-10-7-6-8-11-24)34-36(29)27-18-16-26(32)17-19-27/h6-8,10-20,22H,4-5,9,21H2,1-3H3,(H,33,37). The van der Waals surface area contributed by atoms with Crippen molar-refractivity contribution in [1.29, 1.82) is 0 Å². The zero-order valence-electron chi connectivity index (χ0n) is 22.0. The quantitative estimate of drug-likeness (QED) is 0.263. The third-order valence-corrected chi connectivity index (χ3v) is 6.34. The maximum atomic E-state index is 13.6. The van der Waals surface area contributed by atoms with E-state index in [-0.39, 0.29) is 30.2 Å². The van der Waals surface area contributed by atoms with Crippen molar-refractivity contribution >= 4 is 17.6 Å². The fraction of sp³-hybridized carbons (Fsp3) is 0.258. The van der Waals surface area contributed by atoms with Gasteiger partial charge < -0.3 is 10.2 Å². The van der Waals surface area contributed by atoms with Gasteiger partial charge in [-0.1, -0.05) is 55.8 Å². The highest BCUT2D eigenvalue weighted by molar-refractivity contribution is 5.99. The van der Waals surface area contributed by atoms with Crippen LogP contribution in [0.1, 0.15) is 49.5 Å². The van der Waals surface area contributed by atoms with E-state index >= 15 is 0 Å². The Morgan fingerprint density at radius 3 is 2.29 bits per heavy atom. The second kappa shape index (κ2) is 12.3. The highest BCUT2D eigenvalue weighted by Crippen LogP contribution is 2.25. The summed E-state index contributed by atoms with van der Waals surface area (Å²) in [6.45, 7) is 5.80. The second-order valence-corrected chi connectivity index (χ2v) is 9.54. The lowest BCUT2D eigenvalue weighted by molar-refractivity contribution is -0.117. The fourth-order valence-electron chi connectivity index (χ4n) is 4.19. The van der Waals surface area contributed by atoms with E-state index in [0.29, 0.717) is 22.8 Å². The number of nitrogens with zero attached hydrogens (tertiary/aromatic N) is 3. The van der Waals surface area contributed by atoms with Gasteiger partial charge >= 0.3 is 0 Å². The van der Waals surface area contributed by atoms with Gasteiger partial charge in [0.15, 0.2) is 0 Å². The molecule has 0 saturated carbocycles. The molecule has 3 aromatic carbocycles. The third kappa shape index (κ3) is 6.54. The minimum Gasteiger partial charge on any atom is -0.327 e. The minimum absolute atomic E-state index is 0.122. The molecule has 1 aromatic heterocycles. The monoisotopic (exact) mass is 512 g/mol. The van der Waals surface area contributed by atoms with Gasteiger partial charge in [-0.2, -0.15) is 5.10 Å². The molecule has 0 bridgehead atoms. The van der Waals surface area contributed by atoms with Crippen molar-refractivity contribution in [2.45, 2.75) is 46.1 Å². The summed E-state index contributed by atoms with van der Waals surface area (Å²) in [6.07, 6.45) is 3.20. The molecule has 1 N–H and O–H groups in total. The molecule has 0 atom stereocenters. The van der Waals surface area contributed by atoms with Crippen LogP contribution in [0.4, 0.5) is 10.2 Å². The maximum Gasteiger partial charge on any atom is 0.254 e. The molecule has 1 heterocycles. The predicted molar refractivity (Wildman–Crippen MR) is 149 cm³/mol. The molecule has 196 valence electrons. The zero-order valence-corrected chi connectivity index (χ0v) is 22.0. The number of hydrogen-bond donors (Lipinski definition) is 1. The number of hydrogen-bond acceptors (Lipinski definition) is 3. The minimum atomic E-state index is -0.362.